The van der Waals surface area contributed by atoms with Crippen molar-refractivity contribution in [2.45, 2.75) is 52.1 Å². The van der Waals surface area contributed by atoms with Gasteiger partial charge in [-0.3, -0.25) is 0 Å². The van der Waals surface area contributed by atoms with Crippen molar-refractivity contribution >= 4 is 11.9 Å². The van der Waals surface area contributed by atoms with E-state index in [9.17, 15) is 9.59 Å². The number of ether oxygens (including phenoxy) is 2. The molecule has 0 aromatic rings. The molecule has 4 heteroatoms. The lowest BCUT2D eigenvalue weighted by atomic mass is 9.54. The predicted octanol–water partition coefficient (Wildman–Crippen LogP) is 3.20. The molecular formula is C19H20O4. The van der Waals surface area contributed by atoms with E-state index in [-0.39, 0.29) is 0 Å². The van der Waals surface area contributed by atoms with Gasteiger partial charge in [-0.15, -0.1) is 0 Å². The van der Waals surface area contributed by atoms with Crippen LogP contribution in [0.3, 0.4) is 0 Å². The summed E-state index contributed by atoms with van der Waals surface area (Å²) in [6.45, 7) is 6.00. The minimum absolute atomic E-state index is 0.394. The molecule has 2 saturated carbocycles. The summed E-state index contributed by atoms with van der Waals surface area (Å²) in [6, 6.07) is 0. The van der Waals surface area contributed by atoms with E-state index in [1.54, 1.807) is 0 Å². The van der Waals surface area contributed by atoms with Gasteiger partial charge in [0.25, 0.3) is 0 Å². The highest BCUT2D eigenvalue weighted by atomic mass is 16.6. The van der Waals surface area contributed by atoms with Crippen molar-refractivity contribution < 1.29 is 19.1 Å². The second-order valence-electron chi connectivity index (χ2n) is 7.77. The Morgan fingerprint density at radius 3 is 2.22 bits per heavy atom. The molecule has 2 aliphatic heterocycles. The first-order valence-corrected chi connectivity index (χ1v) is 8.51. The maximum atomic E-state index is 12.7. The number of rotatable bonds is 2. The molecule has 0 amide bonds. The first-order chi connectivity index (χ1) is 10.9. The van der Waals surface area contributed by atoms with E-state index in [1.807, 2.05) is 13.8 Å². The summed E-state index contributed by atoms with van der Waals surface area (Å²) in [6.07, 6.45) is 6.44. The highest BCUT2D eigenvalue weighted by Crippen LogP contribution is 2.72. The lowest BCUT2D eigenvalue weighted by Gasteiger charge is -2.50. The summed E-state index contributed by atoms with van der Waals surface area (Å²) < 4.78 is 11.4. The maximum Gasteiger partial charge on any atom is 0.346 e. The third-order valence-electron chi connectivity index (χ3n) is 6.49. The third kappa shape index (κ3) is 1.35. The number of hydrogen-bond donors (Lipinski definition) is 0. The Kier molecular flexibility index (Phi) is 2.24. The van der Waals surface area contributed by atoms with Gasteiger partial charge in [-0.05, 0) is 69.9 Å². The van der Waals surface area contributed by atoms with E-state index in [1.165, 1.54) is 0 Å². The van der Waals surface area contributed by atoms with Gasteiger partial charge < -0.3 is 9.47 Å². The van der Waals surface area contributed by atoms with Crippen LogP contribution >= 0.6 is 0 Å². The van der Waals surface area contributed by atoms with Gasteiger partial charge >= 0.3 is 11.9 Å². The average Bonchev–Trinajstić information content (AvgIpc) is 3.36. The maximum absolute atomic E-state index is 12.7. The van der Waals surface area contributed by atoms with Crippen LogP contribution in [-0.4, -0.2) is 17.5 Å². The van der Waals surface area contributed by atoms with Crippen molar-refractivity contribution in [1.29, 1.82) is 0 Å². The number of carbonyl (C=O) groups is 2. The molecule has 1 atom stereocenters. The molecule has 2 heterocycles. The van der Waals surface area contributed by atoms with Crippen molar-refractivity contribution in [3.63, 3.8) is 0 Å². The monoisotopic (exact) mass is 312 g/mol. The Morgan fingerprint density at radius 1 is 1.04 bits per heavy atom. The van der Waals surface area contributed by atoms with E-state index in [0.717, 1.165) is 42.6 Å². The van der Waals surface area contributed by atoms with Crippen LogP contribution in [0.25, 0.3) is 0 Å². The summed E-state index contributed by atoms with van der Waals surface area (Å²) in [5.41, 5.74) is 2.13. The highest BCUT2D eigenvalue weighted by Gasteiger charge is 2.73. The molecule has 23 heavy (non-hydrogen) atoms. The number of fused-ring (bicyclic) bond motifs is 1. The fourth-order valence-corrected chi connectivity index (χ4v) is 5.60. The molecule has 120 valence electrons. The van der Waals surface area contributed by atoms with Crippen molar-refractivity contribution in [2.24, 2.45) is 17.3 Å². The van der Waals surface area contributed by atoms with Crippen LogP contribution in [0.2, 0.25) is 0 Å². The van der Waals surface area contributed by atoms with Crippen LogP contribution < -0.4 is 0 Å². The second kappa shape index (κ2) is 3.80. The van der Waals surface area contributed by atoms with Crippen LogP contribution in [0.1, 0.15) is 46.5 Å². The number of esters is 2. The molecule has 1 unspecified atom stereocenters. The van der Waals surface area contributed by atoms with Crippen molar-refractivity contribution in [1.82, 2.24) is 0 Å². The van der Waals surface area contributed by atoms with E-state index in [0.29, 0.717) is 23.0 Å². The molecule has 5 rings (SSSR count). The number of allylic oxidation sites excluding steroid dienone is 1. The quantitative estimate of drug-likeness (QED) is 0.580. The van der Waals surface area contributed by atoms with Crippen LogP contribution in [0.4, 0.5) is 0 Å². The largest absolute Gasteiger partial charge is 0.487 e. The van der Waals surface area contributed by atoms with Gasteiger partial charge in [-0.25, -0.2) is 9.59 Å². The van der Waals surface area contributed by atoms with Gasteiger partial charge in [0.05, 0.1) is 22.3 Å². The lowest BCUT2D eigenvalue weighted by Crippen LogP contribution is -2.55. The fourth-order valence-electron chi connectivity index (χ4n) is 5.60. The predicted molar refractivity (Wildman–Crippen MR) is 82.0 cm³/mol. The van der Waals surface area contributed by atoms with E-state index >= 15 is 0 Å². The lowest BCUT2D eigenvalue weighted by molar-refractivity contribution is -0.152. The van der Waals surface area contributed by atoms with E-state index in [4.69, 9.17) is 9.47 Å². The molecule has 2 fully saturated rings. The first kappa shape index (κ1) is 13.6. The van der Waals surface area contributed by atoms with Gasteiger partial charge in [-0.2, -0.15) is 0 Å². The number of hydrogen-bond acceptors (Lipinski definition) is 4. The summed E-state index contributed by atoms with van der Waals surface area (Å²) in [4.78, 5) is 25.0. The fraction of sp³-hybridized carbons (Fsp3) is 0.579. The van der Waals surface area contributed by atoms with Crippen molar-refractivity contribution in [3.05, 3.63) is 34.1 Å². The molecule has 3 aliphatic carbocycles. The molecule has 4 nitrogen and oxygen atoms in total. The van der Waals surface area contributed by atoms with Gasteiger partial charge in [0.15, 0.2) is 0 Å². The van der Waals surface area contributed by atoms with E-state index < -0.39 is 23.0 Å². The van der Waals surface area contributed by atoms with Gasteiger partial charge in [0, 0.05) is 5.57 Å². The second-order valence-corrected chi connectivity index (χ2v) is 7.77. The molecule has 0 spiro atoms. The standard InChI is InChI=1S/C19H20O4/c1-9-8-13-10(2)14-15(17(21)22-16(14)20)19(11-4-5-11,12-6-7-12)18(13,3)23-9/h8,11-12H,4-7H2,1-3H3. The first-order valence-electron chi connectivity index (χ1n) is 8.51. The molecule has 0 aromatic heterocycles. The van der Waals surface area contributed by atoms with Gasteiger partial charge in [0.2, 0.25) is 0 Å². The smallest absolute Gasteiger partial charge is 0.346 e. The van der Waals surface area contributed by atoms with Crippen LogP contribution in [0.5, 0.6) is 0 Å². The van der Waals surface area contributed by atoms with Gasteiger partial charge in [-0.1, -0.05) is 0 Å². The zero-order chi connectivity index (χ0) is 16.1. The van der Waals surface area contributed by atoms with Crippen LogP contribution in [0.15, 0.2) is 34.1 Å². The normalized spacial score (nSPS) is 35.0. The highest BCUT2D eigenvalue weighted by molar-refractivity contribution is 6.16. The van der Waals surface area contributed by atoms with Crippen molar-refractivity contribution in [3.8, 4) is 0 Å². The zero-order valence-electron chi connectivity index (χ0n) is 13.7. The molecule has 0 aromatic carbocycles. The minimum atomic E-state index is -0.550. The Labute approximate surface area is 135 Å². The zero-order valence-corrected chi connectivity index (χ0v) is 13.7. The Bertz CT molecular complexity index is 761. The summed E-state index contributed by atoms with van der Waals surface area (Å²) in [5.74, 6) is 0.781. The molecule has 0 radical (unpaired) electrons. The van der Waals surface area contributed by atoms with Crippen LogP contribution in [0, 0.1) is 17.3 Å². The minimum Gasteiger partial charge on any atom is -0.487 e. The average molecular weight is 312 g/mol. The van der Waals surface area contributed by atoms with Crippen molar-refractivity contribution in [2.75, 3.05) is 0 Å². The molecule has 5 aliphatic rings. The van der Waals surface area contributed by atoms with E-state index in [2.05, 4.69) is 13.0 Å². The van der Waals surface area contributed by atoms with Crippen LogP contribution in [-0.2, 0) is 19.1 Å². The SMILES string of the molecule is CC1=CC2=C(C)C3=C(C(=O)OC3=O)C(C3CC3)(C3CC3)C2(C)O1. The number of carbonyl (C=O) groups excluding carboxylic acids is 2. The Balaban J connectivity index is 1.88. The Morgan fingerprint density at radius 2 is 1.65 bits per heavy atom. The Hall–Kier alpha value is -1.84. The molecule has 0 bridgehead atoms. The van der Waals surface area contributed by atoms with Gasteiger partial charge in [0.1, 0.15) is 5.60 Å². The third-order valence-corrected chi connectivity index (χ3v) is 6.49. The molecule has 0 N–H and O–H groups in total. The molecular weight excluding hydrogens is 292 g/mol. The topological polar surface area (TPSA) is 52.6 Å². The molecule has 0 saturated heterocycles. The number of cyclic esters (lactones) is 2. The summed E-state index contributed by atoms with van der Waals surface area (Å²) in [5, 5.41) is 0. The summed E-state index contributed by atoms with van der Waals surface area (Å²) in [7, 11) is 0. The summed E-state index contributed by atoms with van der Waals surface area (Å²) >= 11 is 0.